The van der Waals surface area contributed by atoms with Crippen molar-refractivity contribution < 1.29 is 4.79 Å². The Bertz CT molecular complexity index is 632. The van der Waals surface area contributed by atoms with Gasteiger partial charge in [0.2, 0.25) is 5.91 Å². The number of thiazole rings is 1. The lowest BCUT2D eigenvalue weighted by Gasteiger charge is -2.23. The highest BCUT2D eigenvalue weighted by atomic mass is 35.5. The molecule has 3 rings (SSSR count). The van der Waals surface area contributed by atoms with E-state index in [-0.39, 0.29) is 11.9 Å². The van der Waals surface area contributed by atoms with Crippen LogP contribution in [0.2, 0.25) is 5.02 Å². The van der Waals surface area contributed by atoms with Gasteiger partial charge in [0, 0.05) is 29.2 Å². The maximum Gasteiger partial charge on any atom is 0.244 e. The van der Waals surface area contributed by atoms with Crippen LogP contribution in [0.5, 0.6) is 0 Å². The van der Waals surface area contributed by atoms with Gasteiger partial charge in [-0.1, -0.05) is 17.7 Å². The van der Waals surface area contributed by atoms with Gasteiger partial charge >= 0.3 is 0 Å². The number of carbonyl (C=O) groups is 1. The van der Waals surface area contributed by atoms with Gasteiger partial charge in [-0.15, -0.1) is 11.3 Å². The van der Waals surface area contributed by atoms with E-state index < -0.39 is 0 Å². The number of benzene rings is 1. The van der Waals surface area contributed by atoms with Gasteiger partial charge in [-0.2, -0.15) is 0 Å². The molecule has 4 nitrogen and oxygen atoms in total. The van der Waals surface area contributed by atoms with E-state index in [9.17, 15) is 4.79 Å². The second-order valence-corrected chi connectivity index (χ2v) is 6.32. The molecule has 0 unspecified atom stereocenters. The first-order valence-electron chi connectivity index (χ1n) is 6.79. The minimum Gasteiger partial charge on any atom is -0.311 e. The van der Waals surface area contributed by atoms with E-state index >= 15 is 0 Å². The van der Waals surface area contributed by atoms with Crippen molar-refractivity contribution in [3.8, 4) is 0 Å². The number of aromatic nitrogens is 1. The fraction of sp³-hybridized carbons (Fsp3) is 0.333. The predicted molar refractivity (Wildman–Crippen MR) is 85.8 cm³/mol. The zero-order valence-electron chi connectivity index (χ0n) is 11.7. The minimum absolute atomic E-state index is 0.0920. The van der Waals surface area contributed by atoms with Crippen LogP contribution in [0.3, 0.4) is 0 Å². The molecule has 1 atom stereocenters. The van der Waals surface area contributed by atoms with E-state index in [1.807, 2.05) is 47.1 Å². The number of anilines is 1. The fourth-order valence-corrected chi connectivity index (χ4v) is 3.39. The average molecular weight is 322 g/mol. The number of halogens is 1. The number of carbonyl (C=O) groups excluding carboxylic acids is 1. The van der Waals surface area contributed by atoms with Gasteiger partial charge in [-0.05, 0) is 31.7 Å². The van der Waals surface area contributed by atoms with Crippen molar-refractivity contribution in [1.82, 2.24) is 9.88 Å². The molecule has 110 valence electrons. The molecule has 1 fully saturated rings. The molecule has 1 aromatic carbocycles. The zero-order valence-corrected chi connectivity index (χ0v) is 13.3. The van der Waals surface area contributed by atoms with Crippen molar-refractivity contribution in [1.29, 1.82) is 0 Å². The molecule has 2 aromatic rings. The Morgan fingerprint density at radius 2 is 2.38 bits per heavy atom. The normalized spacial score (nSPS) is 18.7. The Kier molecular flexibility index (Phi) is 4.24. The highest BCUT2D eigenvalue weighted by Gasteiger charge is 2.35. The van der Waals surface area contributed by atoms with Crippen LogP contribution >= 0.6 is 22.9 Å². The summed E-state index contributed by atoms with van der Waals surface area (Å²) in [5.74, 6) is 0.134. The fourth-order valence-electron chi connectivity index (χ4n) is 2.66. The first-order chi connectivity index (χ1) is 10.1. The van der Waals surface area contributed by atoms with Crippen LogP contribution in [0.15, 0.2) is 35.2 Å². The average Bonchev–Trinajstić information content (AvgIpc) is 3.08. The number of amides is 1. The smallest absolute Gasteiger partial charge is 0.244 e. The number of likely N-dealkylation sites (N-methyl/N-ethyl adjacent to an activating group) is 1. The lowest BCUT2D eigenvalue weighted by atomic mass is 10.2. The van der Waals surface area contributed by atoms with Crippen LogP contribution in [0.1, 0.15) is 12.1 Å². The lowest BCUT2D eigenvalue weighted by molar-refractivity contribution is -0.121. The van der Waals surface area contributed by atoms with Gasteiger partial charge in [0.25, 0.3) is 0 Å². The monoisotopic (exact) mass is 321 g/mol. The third-order valence-electron chi connectivity index (χ3n) is 3.72. The predicted octanol–water partition coefficient (Wildman–Crippen LogP) is 3.03. The maximum absolute atomic E-state index is 12.6. The molecule has 2 heterocycles. The minimum atomic E-state index is -0.0920. The van der Waals surface area contributed by atoms with Crippen LogP contribution in [0, 0.1) is 0 Å². The maximum atomic E-state index is 12.6. The molecule has 6 heteroatoms. The van der Waals surface area contributed by atoms with Crippen molar-refractivity contribution in [2.24, 2.45) is 0 Å². The molecular weight excluding hydrogens is 306 g/mol. The highest BCUT2D eigenvalue weighted by Crippen LogP contribution is 2.26. The Hall–Kier alpha value is -1.43. The van der Waals surface area contributed by atoms with E-state index in [4.69, 9.17) is 11.6 Å². The molecule has 0 saturated carbocycles. The molecule has 1 saturated heterocycles. The van der Waals surface area contributed by atoms with Crippen LogP contribution < -0.4 is 4.90 Å². The summed E-state index contributed by atoms with van der Waals surface area (Å²) in [6.45, 7) is 1.43. The largest absolute Gasteiger partial charge is 0.311 e. The molecule has 1 aliphatic rings. The van der Waals surface area contributed by atoms with Gasteiger partial charge in [0.1, 0.15) is 0 Å². The summed E-state index contributed by atoms with van der Waals surface area (Å²) in [6, 6.07) is 7.36. The highest BCUT2D eigenvalue weighted by molar-refractivity contribution is 7.07. The Labute approximate surface area is 133 Å². The molecule has 0 radical (unpaired) electrons. The van der Waals surface area contributed by atoms with Gasteiger partial charge in [-0.25, -0.2) is 4.98 Å². The van der Waals surface area contributed by atoms with Gasteiger partial charge < -0.3 is 4.90 Å². The molecule has 0 spiro atoms. The Balaban J connectivity index is 1.71. The first-order valence-corrected chi connectivity index (χ1v) is 8.11. The van der Waals surface area contributed by atoms with Crippen molar-refractivity contribution in [2.45, 2.75) is 19.0 Å². The van der Waals surface area contributed by atoms with Crippen molar-refractivity contribution >= 4 is 34.5 Å². The Morgan fingerprint density at radius 3 is 3.10 bits per heavy atom. The molecule has 1 aliphatic heterocycles. The van der Waals surface area contributed by atoms with E-state index in [2.05, 4.69) is 9.88 Å². The summed E-state index contributed by atoms with van der Waals surface area (Å²) in [7, 11) is 1.98. The number of nitrogens with zero attached hydrogens (tertiary/aromatic N) is 3. The van der Waals surface area contributed by atoms with Crippen molar-refractivity contribution in [3.05, 3.63) is 45.9 Å². The second-order valence-electron chi connectivity index (χ2n) is 5.17. The number of hydrogen-bond acceptors (Lipinski definition) is 4. The molecule has 0 aliphatic carbocycles. The van der Waals surface area contributed by atoms with Crippen LogP contribution in [-0.4, -0.2) is 35.4 Å². The van der Waals surface area contributed by atoms with E-state index in [1.165, 1.54) is 0 Å². The number of rotatable bonds is 4. The summed E-state index contributed by atoms with van der Waals surface area (Å²) in [6.07, 6.45) is 0.825. The van der Waals surface area contributed by atoms with Crippen molar-refractivity contribution in [3.63, 3.8) is 0 Å². The third kappa shape index (κ3) is 3.10. The summed E-state index contributed by atoms with van der Waals surface area (Å²) in [5.41, 5.74) is 3.70. The molecule has 1 aromatic heterocycles. The first kappa shape index (κ1) is 14.5. The lowest BCUT2D eigenvalue weighted by Crippen LogP contribution is -2.39. The van der Waals surface area contributed by atoms with Crippen LogP contribution in [0.4, 0.5) is 5.69 Å². The van der Waals surface area contributed by atoms with E-state index in [0.717, 1.165) is 24.3 Å². The van der Waals surface area contributed by atoms with E-state index in [1.54, 1.807) is 11.3 Å². The van der Waals surface area contributed by atoms with Crippen LogP contribution in [0.25, 0.3) is 0 Å². The van der Waals surface area contributed by atoms with Gasteiger partial charge in [0.15, 0.2) is 0 Å². The molecular formula is C15H16ClN3OS. The Morgan fingerprint density at radius 1 is 1.52 bits per heavy atom. The standard InChI is InChI=1S/C15H16ClN3OS/c1-18(8-12-9-21-10-17-12)14-5-6-19(15(14)20)13-4-2-3-11(16)7-13/h2-4,7,9-10,14H,5-6,8H2,1H3/t14-/m1/s1. The summed E-state index contributed by atoms with van der Waals surface area (Å²) in [5, 5.41) is 2.67. The van der Waals surface area contributed by atoms with Gasteiger partial charge in [-0.3, -0.25) is 9.69 Å². The number of hydrogen-bond donors (Lipinski definition) is 0. The van der Waals surface area contributed by atoms with Gasteiger partial charge in [0.05, 0.1) is 17.2 Å². The molecule has 0 bridgehead atoms. The van der Waals surface area contributed by atoms with Crippen LogP contribution in [-0.2, 0) is 11.3 Å². The second kappa shape index (κ2) is 6.13. The molecule has 0 N–H and O–H groups in total. The van der Waals surface area contributed by atoms with E-state index in [0.29, 0.717) is 11.6 Å². The summed E-state index contributed by atoms with van der Waals surface area (Å²) >= 11 is 7.59. The SMILES string of the molecule is CN(Cc1cscn1)[C@@H]1CCN(c2cccc(Cl)c2)C1=O. The van der Waals surface area contributed by atoms with Crippen molar-refractivity contribution in [2.75, 3.05) is 18.5 Å². The topological polar surface area (TPSA) is 36.4 Å². The quantitative estimate of drug-likeness (QED) is 0.868. The zero-order chi connectivity index (χ0) is 14.8. The summed E-state index contributed by atoms with van der Waals surface area (Å²) < 4.78 is 0. The molecule has 1 amide bonds. The summed E-state index contributed by atoms with van der Waals surface area (Å²) in [4.78, 5) is 20.8. The third-order valence-corrected chi connectivity index (χ3v) is 4.59. The molecule has 21 heavy (non-hydrogen) atoms.